The molecule has 2 N–H and O–H groups in total. The first-order chi connectivity index (χ1) is 10.2. The maximum atomic E-state index is 11.9. The van der Waals surface area contributed by atoms with Gasteiger partial charge in [0, 0.05) is 11.9 Å². The maximum absolute atomic E-state index is 11.9. The summed E-state index contributed by atoms with van der Waals surface area (Å²) in [5.41, 5.74) is 1.83. The van der Waals surface area contributed by atoms with Gasteiger partial charge in [0.1, 0.15) is 0 Å². The van der Waals surface area contributed by atoms with E-state index in [4.69, 9.17) is 0 Å². The molecule has 0 saturated heterocycles. The van der Waals surface area contributed by atoms with Gasteiger partial charge in [0.25, 0.3) is 0 Å². The summed E-state index contributed by atoms with van der Waals surface area (Å²) in [6.07, 6.45) is 0. The van der Waals surface area contributed by atoms with Crippen LogP contribution in [0.4, 0.5) is 10.7 Å². The summed E-state index contributed by atoms with van der Waals surface area (Å²) in [4.78, 5) is 17.3. The Kier molecular flexibility index (Phi) is 3.79. The van der Waals surface area contributed by atoms with Crippen molar-refractivity contribution in [3.05, 3.63) is 54.6 Å². The van der Waals surface area contributed by atoms with E-state index in [1.54, 1.807) is 0 Å². The highest BCUT2D eigenvalue weighted by atomic mass is 32.2. The number of anilines is 1. The molecule has 3 aromatic rings. The Labute approximate surface area is 126 Å². The molecule has 106 valence electrons. The van der Waals surface area contributed by atoms with E-state index >= 15 is 0 Å². The highest BCUT2D eigenvalue weighted by Crippen LogP contribution is 2.18. The average molecular weight is 298 g/mol. The third-order valence-corrected chi connectivity index (χ3v) is 3.81. The Morgan fingerprint density at radius 2 is 1.81 bits per heavy atom. The lowest BCUT2D eigenvalue weighted by molar-refractivity contribution is 0.257. The molecule has 3 rings (SSSR count). The number of rotatable bonds is 3. The van der Waals surface area contributed by atoms with E-state index in [-0.39, 0.29) is 6.03 Å². The van der Waals surface area contributed by atoms with E-state index in [1.807, 2.05) is 66.2 Å². The quantitative estimate of drug-likeness (QED) is 0.729. The Hall–Kier alpha value is -2.47. The first-order valence-electron chi connectivity index (χ1n) is 6.44. The summed E-state index contributed by atoms with van der Waals surface area (Å²) in [6.45, 7) is 0. The molecule has 0 unspecified atom stereocenters. The van der Waals surface area contributed by atoms with Crippen molar-refractivity contribution in [2.24, 2.45) is 7.05 Å². The van der Waals surface area contributed by atoms with Gasteiger partial charge in [-0.15, -0.1) is 0 Å². The van der Waals surface area contributed by atoms with E-state index in [9.17, 15) is 4.79 Å². The van der Waals surface area contributed by atoms with Crippen LogP contribution in [0.3, 0.4) is 0 Å². The third-order valence-electron chi connectivity index (χ3n) is 3.02. The predicted octanol–water partition coefficient (Wildman–Crippen LogP) is 3.40. The predicted molar refractivity (Wildman–Crippen MR) is 85.2 cm³/mol. The number of aromatic nitrogens is 2. The van der Waals surface area contributed by atoms with Gasteiger partial charge in [-0.05, 0) is 36.2 Å². The van der Waals surface area contributed by atoms with E-state index in [1.165, 1.54) is 11.9 Å². The third kappa shape index (κ3) is 3.00. The number of hydrogen-bond acceptors (Lipinski definition) is 3. The van der Waals surface area contributed by atoms with Gasteiger partial charge in [-0.1, -0.05) is 30.3 Å². The summed E-state index contributed by atoms with van der Waals surface area (Å²) in [6, 6.07) is 17.1. The normalized spacial score (nSPS) is 10.5. The van der Waals surface area contributed by atoms with Crippen LogP contribution in [-0.2, 0) is 7.05 Å². The summed E-state index contributed by atoms with van der Waals surface area (Å²) in [7, 11) is 1.87. The second kappa shape index (κ2) is 5.88. The van der Waals surface area contributed by atoms with Gasteiger partial charge < -0.3 is 4.57 Å². The zero-order valence-corrected chi connectivity index (χ0v) is 12.2. The molecule has 0 saturated carbocycles. The maximum Gasteiger partial charge on any atom is 0.331 e. The topological polar surface area (TPSA) is 59.0 Å². The number of carbonyl (C=O) groups excluding carboxylic acids is 1. The molecule has 1 heterocycles. The molecule has 5 nitrogen and oxygen atoms in total. The number of para-hydroxylation sites is 2. The van der Waals surface area contributed by atoms with Crippen molar-refractivity contribution >= 4 is 35.0 Å². The van der Waals surface area contributed by atoms with Gasteiger partial charge >= 0.3 is 6.03 Å². The fourth-order valence-electron chi connectivity index (χ4n) is 1.98. The molecule has 0 aliphatic rings. The van der Waals surface area contributed by atoms with Crippen molar-refractivity contribution in [3.8, 4) is 0 Å². The van der Waals surface area contributed by atoms with Crippen molar-refractivity contribution in [2.75, 3.05) is 5.32 Å². The molecule has 0 atom stereocenters. The van der Waals surface area contributed by atoms with Gasteiger partial charge in [-0.3, -0.25) is 10.0 Å². The van der Waals surface area contributed by atoms with E-state index in [0.29, 0.717) is 5.95 Å². The van der Waals surface area contributed by atoms with Crippen molar-refractivity contribution in [1.82, 2.24) is 14.3 Å². The molecule has 0 spiro atoms. The van der Waals surface area contributed by atoms with Gasteiger partial charge in [-0.2, -0.15) is 0 Å². The van der Waals surface area contributed by atoms with Crippen LogP contribution < -0.4 is 10.0 Å². The lowest BCUT2D eigenvalue weighted by Crippen LogP contribution is -2.24. The number of amides is 2. The van der Waals surface area contributed by atoms with Crippen LogP contribution in [0, 0.1) is 0 Å². The van der Waals surface area contributed by atoms with Crippen molar-refractivity contribution in [2.45, 2.75) is 4.90 Å². The standard InChI is InChI=1S/C15H14N4OS/c1-19-13-10-6-5-9-12(13)16-14(19)17-15(20)18-21-11-7-3-2-4-8-11/h2-10H,1H3,(H2,16,17,18,20). The minimum atomic E-state index is -0.303. The molecule has 0 fully saturated rings. The SMILES string of the molecule is Cn1c(NC(=O)NSc2ccccc2)nc2ccccc21. The molecule has 6 heteroatoms. The van der Waals surface area contributed by atoms with Crippen LogP contribution in [0.1, 0.15) is 0 Å². The van der Waals surface area contributed by atoms with Gasteiger partial charge in [-0.25, -0.2) is 9.78 Å². The minimum absolute atomic E-state index is 0.303. The van der Waals surface area contributed by atoms with Crippen LogP contribution in [0.2, 0.25) is 0 Å². The Bertz CT molecular complexity index is 770. The van der Waals surface area contributed by atoms with Crippen molar-refractivity contribution in [3.63, 3.8) is 0 Å². The molecular weight excluding hydrogens is 284 g/mol. The lowest BCUT2D eigenvalue weighted by Gasteiger charge is -2.06. The molecular formula is C15H14N4OS. The summed E-state index contributed by atoms with van der Waals surface area (Å²) < 4.78 is 4.58. The van der Waals surface area contributed by atoms with E-state index < -0.39 is 0 Å². The molecule has 2 aromatic carbocycles. The smallest absolute Gasteiger partial charge is 0.313 e. The second-order valence-electron chi connectivity index (χ2n) is 4.45. The minimum Gasteiger partial charge on any atom is -0.313 e. The number of benzene rings is 2. The lowest BCUT2D eigenvalue weighted by atomic mass is 10.3. The van der Waals surface area contributed by atoms with Gasteiger partial charge in [0.15, 0.2) is 0 Å². The molecule has 0 aliphatic heterocycles. The van der Waals surface area contributed by atoms with Crippen LogP contribution in [0.25, 0.3) is 11.0 Å². The Morgan fingerprint density at radius 3 is 2.57 bits per heavy atom. The first kappa shape index (κ1) is 13.5. The second-order valence-corrected chi connectivity index (χ2v) is 5.33. The number of nitrogens with zero attached hydrogens (tertiary/aromatic N) is 2. The molecule has 0 bridgehead atoms. The monoisotopic (exact) mass is 298 g/mol. The number of urea groups is 1. The number of hydrogen-bond donors (Lipinski definition) is 2. The summed E-state index contributed by atoms with van der Waals surface area (Å²) >= 11 is 1.26. The highest BCUT2D eigenvalue weighted by molar-refractivity contribution is 7.98. The van der Waals surface area contributed by atoms with Crippen molar-refractivity contribution < 1.29 is 4.79 Å². The number of nitrogens with one attached hydrogen (secondary N) is 2. The van der Waals surface area contributed by atoms with Gasteiger partial charge in [0.05, 0.1) is 11.0 Å². The largest absolute Gasteiger partial charge is 0.331 e. The molecule has 1 aromatic heterocycles. The molecule has 21 heavy (non-hydrogen) atoms. The number of fused-ring (bicyclic) bond motifs is 1. The summed E-state index contributed by atoms with van der Waals surface area (Å²) in [5.74, 6) is 0.516. The number of imidazole rings is 1. The highest BCUT2D eigenvalue weighted by Gasteiger charge is 2.10. The molecule has 0 aliphatic carbocycles. The van der Waals surface area contributed by atoms with Crippen LogP contribution in [0.5, 0.6) is 0 Å². The Morgan fingerprint density at radius 1 is 1.10 bits per heavy atom. The zero-order chi connectivity index (χ0) is 14.7. The number of aryl methyl sites for hydroxylation is 1. The molecule has 2 amide bonds. The fraction of sp³-hybridized carbons (Fsp3) is 0.0667. The van der Waals surface area contributed by atoms with Gasteiger partial charge in [0.2, 0.25) is 5.95 Å². The zero-order valence-electron chi connectivity index (χ0n) is 11.4. The van der Waals surface area contributed by atoms with Crippen LogP contribution >= 0.6 is 11.9 Å². The van der Waals surface area contributed by atoms with E-state index in [2.05, 4.69) is 15.0 Å². The first-order valence-corrected chi connectivity index (χ1v) is 7.26. The van der Waals surface area contributed by atoms with Crippen LogP contribution in [-0.4, -0.2) is 15.6 Å². The fourth-order valence-corrected chi connectivity index (χ4v) is 2.53. The Balaban J connectivity index is 1.67. The van der Waals surface area contributed by atoms with Crippen LogP contribution in [0.15, 0.2) is 59.5 Å². The van der Waals surface area contributed by atoms with Crippen molar-refractivity contribution in [1.29, 1.82) is 0 Å². The average Bonchev–Trinajstić information content (AvgIpc) is 2.83. The van der Waals surface area contributed by atoms with E-state index in [0.717, 1.165) is 15.9 Å². The summed E-state index contributed by atoms with van der Waals surface area (Å²) in [5, 5.41) is 2.75. The molecule has 0 radical (unpaired) electrons. The number of carbonyl (C=O) groups is 1.